The molecule has 0 N–H and O–H groups in total. The number of hydrogen-bond acceptors (Lipinski definition) is 5. The number of sulfonamides is 1. The fraction of sp³-hybridized carbons (Fsp3) is 0.176. The van der Waals surface area contributed by atoms with Crippen LogP contribution in [-0.2, 0) is 22.3 Å². The topological polar surface area (TPSA) is 76.3 Å². The Morgan fingerprint density at radius 1 is 1.04 bits per heavy atom. The third-order valence-corrected chi connectivity index (χ3v) is 6.50. The van der Waals surface area contributed by atoms with E-state index in [1.807, 2.05) is 0 Å². The smallest absolute Gasteiger partial charge is 0.242 e. The molecule has 0 aliphatic carbocycles. The largest absolute Gasteiger partial charge is 0.338 e. The van der Waals surface area contributed by atoms with Crippen molar-refractivity contribution in [2.24, 2.45) is 0 Å². The fourth-order valence-corrected chi connectivity index (χ4v) is 3.85. The molecule has 0 aliphatic heterocycles. The van der Waals surface area contributed by atoms with Gasteiger partial charge in [0.1, 0.15) is 0 Å². The van der Waals surface area contributed by atoms with Crippen LogP contribution in [0.1, 0.15) is 11.5 Å². The molecule has 1 aromatic heterocycles. The van der Waals surface area contributed by atoms with Gasteiger partial charge in [-0.2, -0.15) is 9.29 Å². The lowest BCUT2D eigenvalue weighted by atomic mass is 10.2. The van der Waals surface area contributed by atoms with Crippen LogP contribution in [0.4, 0.5) is 0 Å². The van der Waals surface area contributed by atoms with Gasteiger partial charge >= 0.3 is 0 Å². The Bertz CT molecular complexity index is 1050. The number of halogens is 3. The van der Waals surface area contributed by atoms with E-state index in [0.717, 1.165) is 9.87 Å². The average Bonchev–Trinajstić information content (AvgIpc) is 3.07. The Hall–Kier alpha value is -1.64. The Morgan fingerprint density at radius 2 is 1.74 bits per heavy atom. The van der Waals surface area contributed by atoms with Crippen molar-refractivity contribution >= 4 is 44.8 Å². The van der Waals surface area contributed by atoms with E-state index >= 15 is 0 Å². The van der Waals surface area contributed by atoms with Gasteiger partial charge in [-0.3, -0.25) is 0 Å². The van der Waals surface area contributed by atoms with E-state index in [9.17, 15) is 8.42 Å². The summed E-state index contributed by atoms with van der Waals surface area (Å²) in [4.78, 5) is 4.23. The van der Waals surface area contributed by atoms with Crippen LogP contribution in [-0.4, -0.2) is 29.9 Å². The zero-order chi connectivity index (χ0) is 19.6. The minimum absolute atomic E-state index is 0.0513. The first-order chi connectivity index (χ1) is 12.7. The summed E-state index contributed by atoms with van der Waals surface area (Å²) in [5.74, 6) is 0.315. The minimum Gasteiger partial charge on any atom is -0.338 e. The summed E-state index contributed by atoms with van der Waals surface area (Å²) in [5.41, 5.74) is 1.25. The molecule has 0 amide bonds. The SMILES string of the molecule is CN(Cc1nc(-c2ccc(Cl)cc2)no1)S(=O)(=O)Cc1ccc(Cl)c(Cl)c1. The van der Waals surface area contributed by atoms with E-state index in [-0.39, 0.29) is 18.2 Å². The van der Waals surface area contributed by atoms with Crippen molar-refractivity contribution in [1.29, 1.82) is 0 Å². The number of aromatic nitrogens is 2. The molecule has 0 aliphatic rings. The Balaban J connectivity index is 1.71. The van der Waals surface area contributed by atoms with Crippen LogP contribution in [0.5, 0.6) is 0 Å². The maximum atomic E-state index is 12.6. The maximum Gasteiger partial charge on any atom is 0.242 e. The second-order valence-electron chi connectivity index (χ2n) is 5.78. The summed E-state index contributed by atoms with van der Waals surface area (Å²) in [6.45, 7) is -0.0513. The molecule has 0 saturated heterocycles. The molecule has 27 heavy (non-hydrogen) atoms. The van der Waals surface area contributed by atoms with E-state index in [2.05, 4.69) is 10.1 Å². The Labute approximate surface area is 171 Å². The molecular weight excluding hydrogens is 433 g/mol. The van der Waals surface area contributed by atoms with E-state index in [1.54, 1.807) is 36.4 Å². The highest BCUT2D eigenvalue weighted by atomic mass is 35.5. The van der Waals surface area contributed by atoms with Gasteiger partial charge in [0.15, 0.2) is 0 Å². The highest BCUT2D eigenvalue weighted by Gasteiger charge is 2.22. The minimum atomic E-state index is -3.62. The van der Waals surface area contributed by atoms with Crippen LogP contribution < -0.4 is 0 Å². The molecule has 0 radical (unpaired) electrons. The summed E-state index contributed by atoms with van der Waals surface area (Å²) >= 11 is 17.7. The summed E-state index contributed by atoms with van der Waals surface area (Å²) in [6.07, 6.45) is 0. The average molecular weight is 447 g/mol. The van der Waals surface area contributed by atoms with Crippen molar-refractivity contribution in [3.05, 3.63) is 69.0 Å². The summed E-state index contributed by atoms with van der Waals surface area (Å²) in [7, 11) is -2.17. The third-order valence-electron chi connectivity index (χ3n) is 3.74. The molecule has 0 unspecified atom stereocenters. The predicted molar refractivity (Wildman–Crippen MR) is 105 cm³/mol. The standard InChI is InChI=1S/C17H14Cl3N3O3S/c1-23(27(24,25)10-11-2-7-14(19)15(20)8-11)9-16-21-17(22-26-16)12-3-5-13(18)6-4-12/h2-8H,9-10H2,1H3. The number of hydrogen-bond donors (Lipinski definition) is 0. The molecule has 0 saturated carbocycles. The van der Waals surface area contributed by atoms with Crippen LogP contribution in [0.3, 0.4) is 0 Å². The molecule has 1 heterocycles. The Kier molecular flexibility index (Phi) is 6.08. The second-order valence-corrected chi connectivity index (χ2v) is 9.11. The van der Waals surface area contributed by atoms with Crippen LogP contribution >= 0.6 is 34.8 Å². The fourth-order valence-electron chi connectivity index (χ4n) is 2.27. The third kappa shape index (κ3) is 5.00. The first-order valence-electron chi connectivity index (χ1n) is 7.71. The molecule has 10 heteroatoms. The van der Waals surface area contributed by atoms with Gasteiger partial charge in [0.2, 0.25) is 21.7 Å². The number of nitrogens with zero attached hydrogens (tertiary/aromatic N) is 3. The van der Waals surface area contributed by atoms with Crippen molar-refractivity contribution in [2.45, 2.75) is 12.3 Å². The number of benzene rings is 2. The molecule has 3 rings (SSSR count). The zero-order valence-electron chi connectivity index (χ0n) is 14.1. The molecule has 0 fully saturated rings. The highest BCUT2D eigenvalue weighted by molar-refractivity contribution is 7.88. The first-order valence-corrected chi connectivity index (χ1v) is 10.5. The first kappa shape index (κ1) is 20.1. The van der Waals surface area contributed by atoms with Crippen molar-refractivity contribution in [3.8, 4) is 11.4 Å². The van der Waals surface area contributed by atoms with Gasteiger partial charge in [-0.25, -0.2) is 8.42 Å². The van der Waals surface area contributed by atoms with E-state index in [1.165, 1.54) is 13.1 Å². The molecule has 0 atom stereocenters. The molecule has 0 spiro atoms. The van der Waals surface area contributed by atoms with E-state index in [4.69, 9.17) is 39.3 Å². The van der Waals surface area contributed by atoms with E-state index in [0.29, 0.717) is 26.5 Å². The lowest BCUT2D eigenvalue weighted by Crippen LogP contribution is -2.27. The van der Waals surface area contributed by atoms with Gasteiger partial charge in [-0.05, 0) is 42.0 Å². The monoisotopic (exact) mass is 445 g/mol. The highest BCUT2D eigenvalue weighted by Crippen LogP contribution is 2.24. The van der Waals surface area contributed by atoms with Crippen molar-refractivity contribution in [3.63, 3.8) is 0 Å². The van der Waals surface area contributed by atoms with Crippen LogP contribution in [0.25, 0.3) is 11.4 Å². The van der Waals surface area contributed by atoms with Crippen LogP contribution in [0.2, 0.25) is 15.1 Å². The quantitative estimate of drug-likeness (QED) is 0.550. The summed E-state index contributed by atoms with van der Waals surface area (Å²) in [6, 6.07) is 11.6. The van der Waals surface area contributed by atoms with Gasteiger partial charge in [0.05, 0.1) is 22.3 Å². The van der Waals surface area contributed by atoms with Crippen LogP contribution in [0.15, 0.2) is 47.0 Å². The predicted octanol–water partition coefficient (Wildman–Crippen LogP) is 4.66. The van der Waals surface area contributed by atoms with Gasteiger partial charge in [0.25, 0.3) is 0 Å². The van der Waals surface area contributed by atoms with Crippen molar-refractivity contribution in [2.75, 3.05) is 7.05 Å². The number of rotatable bonds is 6. The van der Waals surface area contributed by atoms with E-state index < -0.39 is 10.0 Å². The van der Waals surface area contributed by atoms with Crippen molar-refractivity contribution < 1.29 is 12.9 Å². The van der Waals surface area contributed by atoms with Gasteiger partial charge in [-0.15, -0.1) is 0 Å². The second kappa shape index (κ2) is 8.16. The molecule has 0 bridgehead atoms. The Morgan fingerprint density at radius 3 is 2.41 bits per heavy atom. The molecule has 3 aromatic rings. The zero-order valence-corrected chi connectivity index (χ0v) is 17.1. The molecule has 6 nitrogen and oxygen atoms in total. The lowest BCUT2D eigenvalue weighted by Gasteiger charge is -2.15. The summed E-state index contributed by atoms with van der Waals surface area (Å²) in [5, 5.41) is 5.14. The normalized spacial score (nSPS) is 11.9. The maximum absolute atomic E-state index is 12.6. The molecular formula is C17H14Cl3N3O3S. The van der Waals surface area contributed by atoms with Gasteiger partial charge < -0.3 is 4.52 Å². The molecule has 2 aromatic carbocycles. The van der Waals surface area contributed by atoms with Crippen LogP contribution in [0, 0.1) is 0 Å². The molecule has 142 valence electrons. The van der Waals surface area contributed by atoms with Crippen molar-refractivity contribution in [1.82, 2.24) is 14.4 Å². The van der Waals surface area contributed by atoms with Gasteiger partial charge in [-0.1, -0.05) is 46.0 Å². The lowest BCUT2D eigenvalue weighted by molar-refractivity contribution is 0.336. The van der Waals surface area contributed by atoms with Gasteiger partial charge in [0, 0.05) is 17.6 Å². The summed E-state index contributed by atoms with van der Waals surface area (Å²) < 4.78 is 31.4.